The predicted molar refractivity (Wildman–Crippen MR) is 120 cm³/mol. The highest BCUT2D eigenvalue weighted by Gasteiger charge is 2.66. The molecule has 1 aromatic rings. The normalized spacial score (nSPS) is 29.2. The summed E-state index contributed by atoms with van der Waals surface area (Å²) in [5, 5.41) is 31.1. The van der Waals surface area contributed by atoms with Crippen molar-refractivity contribution in [1.29, 1.82) is 0 Å². The minimum Gasteiger partial charge on any atom is -0.506 e. The Morgan fingerprint density at radius 2 is 1.83 bits per heavy atom. The van der Waals surface area contributed by atoms with Gasteiger partial charge in [-0.25, -0.2) is 4.79 Å². The number of benzene rings is 1. The molecule has 12 heteroatoms. The van der Waals surface area contributed by atoms with Crippen LogP contribution in [0.4, 0.5) is 5.69 Å². The van der Waals surface area contributed by atoms with Gasteiger partial charge >= 0.3 is 5.97 Å². The minimum absolute atomic E-state index is 0.0328. The number of aromatic hydroxyl groups is 1. The summed E-state index contributed by atoms with van der Waals surface area (Å²) in [7, 11) is 3.30. The predicted octanol–water partition coefficient (Wildman–Crippen LogP) is -1.46. The van der Waals surface area contributed by atoms with Crippen LogP contribution in [0, 0.1) is 23.7 Å². The molecule has 1 amide bonds. The van der Waals surface area contributed by atoms with E-state index in [0.29, 0.717) is 11.3 Å². The van der Waals surface area contributed by atoms with Gasteiger partial charge in [0.1, 0.15) is 17.9 Å². The maximum Gasteiger partial charge on any atom is 0.342 e. The first kappa shape index (κ1) is 25.5. The van der Waals surface area contributed by atoms with Crippen molar-refractivity contribution in [2.24, 2.45) is 29.4 Å². The van der Waals surface area contributed by atoms with Gasteiger partial charge in [0.2, 0.25) is 5.91 Å². The molecule has 36 heavy (non-hydrogen) atoms. The molecule has 5 atom stereocenters. The van der Waals surface area contributed by atoms with Crippen molar-refractivity contribution in [3.63, 3.8) is 0 Å². The fraction of sp³-hybridized carbons (Fsp3) is 0.500. The molecule has 0 heterocycles. The Labute approximate surface area is 205 Å². The van der Waals surface area contributed by atoms with Crippen molar-refractivity contribution >= 4 is 40.7 Å². The van der Waals surface area contributed by atoms with Crippen LogP contribution < -0.4 is 10.6 Å². The van der Waals surface area contributed by atoms with E-state index in [4.69, 9.17) is 15.6 Å². The van der Waals surface area contributed by atoms with Crippen LogP contribution in [0.1, 0.15) is 39.1 Å². The zero-order valence-corrected chi connectivity index (χ0v) is 19.6. The molecule has 5 N–H and O–H groups in total. The van der Waals surface area contributed by atoms with Gasteiger partial charge in [-0.2, -0.15) is 0 Å². The number of hydrogen-bond donors (Lipinski definition) is 4. The molecule has 192 valence electrons. The third-order valence-electron chi connectivity index (χ3n) is 7.40. The number of carbonyl (C=O) groups excluding carboxylic acids is 6. The molecular formula is C24H26N2O10. The minimum atomic E-state index is -2.75. The summed E-state index contributed by atoms with van der Waals surface area (Å²) in [6.45, 7) is -0.808. The van der Waals surface area contributed by atoms with Gasteiger partial charge in [0, 0.05) is 32.1 Å². The van der Waals surface area contributed by atoms with E-state index in [1.165, 1.54) is 6.07 Å². The second-order valence-corrected chi connectivity index (χ2v) is 9.64. The van der Waals surface area contributed by atoms with Crippen LogP contribution in [-0.2, 0) is 30.3 Å². The van der Waals surface area contributed by atoms with Gasteiger partial charge in [-0.05, 0) is 30.4 Å². The number of esters is 1. The average Bonchev–Trinajstić information content (AvgIpc) is 2.79. The number of nitrogens with zero attached hydrogens (tertiary/aromatic N) is 1. The summed E-state index contributed by atoms with van der Waals surface area (Å²) in [5.41, 5.74) is 2.53. The Hall–Kier alpha value is -3.64. The highest BCUT2D eigenvalue weighted by molar-refractivity contribution is 6.31. The van der Waals surface area contributed by atoms with Crippen LogP contribution in [0.15, 0.2) is 6.07 Å². The summed E-state index contributed by atoms with van der Waals surface area (Å²) in [4.78, 5) is 78.5. The summed E-state index contributed by atoms with van der Waals surface area (Å²) < 4.78 is 4.89. The number of phenols is 1. The maximum absolute atomic E-state index is 13.7. The number of carbonyl (C=O) groups is 6. The first-order valence-electron chi connectivity index (χ1n) is 11.4. The molecular weight excluding hydrogens is 476 g/mol. The smallest absolute Gasteiger partial charge is 0.342 e. The van der Waals surface area contributed by atoms with Crippen molar-refractivity contribution in [2.45, 2.75) is 24.9 Å². The summed E-state index contributed by atoms with van der Waals surface area (Å²) in [6.07, 6.45) is -0.374. The van der Waals surface area contributed by atoms with Crippen molar-refractivity contribution in [3.05, 3.63) is 22.8 Å². The topological polar surface area (TPSA) is 202 Å². The van der Waals surface area contributed by atoms with E-state index in [0.717, 1.165) is 0 Å². The molecule has 1 aromatic carbocycles. The van der Waals surface area contributed by atoms with Gasteiger partial charge < -0.3 is 30.7 Å². The van der Waals surface area contributed by atoms with E-state index in [2.05, 4.69) is 0 Å². The Morgan fingerprint density at radius 3 is 2.42 bits per heavy atom. The quantitative estimate of drug-likeness (QED) is 0.271. The molecule has 0 aromatic heterocycles. The molecule has 4 rings (SSSR count). The van der Waals surface area contributed by atoms with Crippen LogP contribution in [0.25, 0.3) is 0 Å². The Kier molecular flexibility index (Phi) is 6.21. The number of fused-ring (bicyclic) bond motifs is 3. The summed E-state index contributed by atoms with van der Waals surface area (Å²) >= 11 is 0. The zero-order valence-electron chi connectivity index (χ0n) is 19.6. The van der Waals surface area contributed by atoms with Crippen molar-refractivity contribution in [3.8, 4) is 5.75 Å². The van der Waals surface area contributed by atoms with Gasteiger partial charge in [-0.3, -0.25) is 24.0 Å². The van der Waals surface area contributed by atoms with Crippen LogP contribution in [0.3, 0.4) is 0 Å². The molecule has 2 unspecified atom stereocenters. The highest BCUT2D eigenvalue weighted by atomic mass is 16.5. The molecule has 0 aliphatic heterocycles. The SMILES string of the molecule is CN(C)c1cc(C(=O)OCCO)c(O)c2c1C[C@H]1C[C@H]3CC(=O)C(C(N)=O)C(=O)[C@@]3(O)C(=O)C1C2=O. The first-order valence-corrected chi connectivity index (χ1v) is 11.4. The number of nitrogens with two attached hydrogens (primary N) is 1. The second-order valence-electron chi connectivity index (χ2n) is 9.64. The van der Waals surface area contributed by atoms with E-state index in [-0.39, 0.29) is 30.6 Å². The molecule has 3 aliphatic rings. The Balaban J connectivity index is 1.84. The standard InChI is InChI=1S/C24H26N2O10/c1-26(2)13-8-12(23(34)36-4-3-27)18(29)16-11(13)6-9-5-10-7-14(28)17(22(25)33)21(32)24(10,35)20(31)15(9)19(16)30/h8-10,15,17,27,29,35H,3-7H2,1-2H3,(H2,25,33)/t9-,10+,15?,17?,24+/m1/s1. The van der Waals surface area contributed by atoms with Gasteiger partial charge in [-0.1, -0.05) is 0 Å². The number of ketones is 4. The highest BCUT2D eigenvalue weighted by Crippen LogP contribution is 2.51. The van der Waals surface area contributed by atoms with Crippen LogP contribution >= 0.6 is 0 Å². The fourth-order valence-corrected chi connectivity index (χ4v) is 5.79. The molecule has 0 bridgehead atoms. The van der Waals surface area contributed by atoms with Crippen LogP contribution in [-0.4, -0.2) is 83.2 Å². The number of anilines is 1. The number of phenolic OH excluding ortho intramolecular Hbond substituents is 1. The lowest BCUT2D eigenvalue weighted by atomic mass is 9.53. The van der Waals surface area contributed by atoms with Crippen molar-refractivity contribution in [1.82, 2.24) is 0 Å². The van der Waals surface area contributed by atoms with Crippen LogP contribution in [0.5, 0.6) is 5.75 Å². The number of Topliss-reactive ketones (excluding diaryl/α,β-unsaturated/α-hetero) is 4. The second kappa shape index (κ2) is 8.79. The van der Waals surface area contributed by atoms with Gasteiger partial charge in [0.25, 0.3) is 0 Å². The van der Waals surface area contributed by atoms with E-state index in [1.54, 1.807) is 19.0 Å². The maximum atomic E-state index is 13.7. The third-order valence-corrected chi connectivity index (χ3v) is 7.40. The molecule has 0 spiro atoms. The lowest BCUT2D eigenvalue weighted by Crippen LogP contribution is -2.68. The van der Waals surface area contributed by atoms with Crippen molar-refractivity contribution < 1.29 is 48.8 Å². The largest absolute Gasteiger partial charge is 0.506 e. The van der Waals surface area contributed by atoms with Gasteiger partial charge in [-0.15, -0.1) is 0 Å². The monoisotopic (exact) mass is 502 g/mol. The number of primary amides is 1. The van der Waals surface area contributed by atoms with E-state index >= 15 is 0 Å². The number of hydrogen-bond acceptors (Lipinski definition) is 11. The van der Waals surface area contributed by atoms with Crippen molar-refractivity contribution in [2.75, 3.05) is 32.2 Å². The van der Waals surface area contributed by atoms with E-state index < -0.39 is 83.1 Å². The number of rotatable bonds is 5. The van der Waals surface area contributed by atoms with E-state index in [9.17, 15) is 39.0 Å². The van der Waals surface area contributed by atoms with E-state index in [1.807, 2.05) is 0 Å². The molecule has 3 aliphatic carbocycles. The Bertz CT molecular complexity index is 1220. The first-order chi connectivity index (χ1) is 16.9. The number of aliphatic hydroxyl groups excluding tert-OH is 1. The van der Waals surface area contributed by atoms with Gasteiger partial charge in [0.05, 0.1) is 18.1 Å². The fourth-order valence-electron chi connectivity index (χ4n) is 5.79. The lowest BCUT2D eigenvalue weighted by molar-refractivity contribution is -0.175. The molecule has 2 fully saturated rings. The zero-order chi connectivity index (χ0) is 26.7. The molecule has 0 radical (unpaired) electrons. The number of ether oxygens (including phenoxy) is 1. The number of amides is 1. The third kappa shape index (κ3) is 3.51. The molecule has 0 saturated heterocycles. The lowest BCUT2D eigenvalue weighted by Gasteiger charge is -2.48. The van der Waals surface area contributed by atoms with Gasteiger partial charge in [0.15, 0.2) is 34.7 Å². The number of aliphatic hydroxyl groups is 2. The molecule has 12 nitrogen and oxygen atoms in total. The van der Waals surface area contributed by atoms with Crippen LogP contribution in [0.2, 0.25) is 0 Å². The summed E-state index contributed by atoms with van der Waals surface area (Å²) in [5.74, 6) is -12.5. The Morgan fingerprint density at radius 1 is 1.17 bits per heavy atom. The molecule has 2 saturated carbocycles. The summed E-state index contributed by atoms with van der Waals surface area (Å²) in [6, 6.07) is 1.34. The average molecular weight is 502 g/mol.